The zero-order valence-electron chi connectivity index (χ0n) is 10.5. The van der Waals surface area contributed by atoms with E-state index in [9.17, 15) is 4.79 Å². The van der Waals surface area contributed by atoms with Crippen molar-refractivity contribution in [2.24, 2.45) is 5.84 Å². The first-order chi connectivity index (χ1) is 8.81. The first kappa shape index (κ1) is 13.4. The van der Waals surface area contributed by atoms with E-state index in [1.807, 2.05) is 30.3 Å². The zero-order valence-corrected chi connectivity index (χ0v) is 11.3. The molecule has 0 saturated heterocycles. The van der Waals surface area contributed by atoms with Crippen LogP contribution in [0.5, 0.6) is 0 Å². The third kappa shape index (κ3) is 3.50. The molecule has 1 fully saturated rings. The third-order valence-corrected chi connectivity index (χ3v) is 4.98. The van der Waals surface area contributed by atoms with Gasteiger partial charge < -0.3 is 0 Å². The molecule has 3 N–H and O–H groups in total. The van der Waals surface area contributed by atoms with Gasteiger partial charge in [0, 0.05) is 5.25 Å². The minimum absolute atomic E-state index is 0.100. The predicted molar refractivity (Wildman–Crippen MR) is 76.0 cm³/mol. The summed E-state index contributed by atoms with van der Waals surface area (Å²) in [7, 11) is 0. The van der Waals surface area contributed by atoms with E-state index in [1.54, 1.807) is 11.8 Å². The second-order valence-electron chi connectivity index (χ2n) is 4.70. The standard InChI is InChI=1S/C14H20N2OS/c15-16-14(17)13(11-7-3-1-4-8-11)18-12-9-5-2-6-10-12/h1,3-4,7-8,12-13H,2,5-6,9-10,15H2,(H,16,17). The summed E-state index contributed by atoms with van der Waals surface area (Å²) < 4.78 is 0. The maximum absolute atomic E-state index is 11.9. The molecule has 0 heterocycles. The monoisotopic (exact) mass is 264 g/mol. The lowest BCUT2D eigenvalue weighted by atomic mass is 10.0. The van der Waals surface area contributed by atoms with Gasteiger partial charge in [0.05, 0.1) is 0 Å². The first-order valence-corrected chi connectivity index (χ1v) is 7.46. The first-order valence-electron chi connectivity index (χ1n) is 6.52. The fourth-order valence-electron chi connectivity index (χ4n) is 2.39. The van der Waals surface area contributed by atoms with Crippen molar-refractivity contribution in [3.63, 3.8) is 0 Å². The van der Waals surface area contributed by atoms with Crippen molar-refractivity contribution in [1.82, 2.24) is 5.43 Å². The Morgan fingerprint density at radius 3 is 2.50 bits per heavy atom. The normalized spacial score (nSPS) is 18.3. The van der Waals surface area contributed by atoms with Gasteiger partial charge in [-0.2, -0.15) is 0 Å². The molecule has 2 rings (SSSR count). The van der Waals surface area contributed by atoms with E-state index in [0.29, 0.717) is 5.25 Å². The largest absolute Gasteiger partial charge is 0.293 e. The number of rotatable bonds is 4. The number of carbonyl (C=O) groups excluding carboxylic acids is 1. The van der Waals surface area contributed by atoms with Crippen molar-refractivity contribution in [2.75, 3.05) is 0 Å². The Balaban J connectivity index is 2.07. The second-order valence-corrected chi connectivity index (χ2v) is 6.11. The van der Waals surface area contributed by atoms with E-state index in [0.717, 1.165) is 5.56 Å². The molecule has 1 unspecified atom stereocenters. The molecular formula is C14H20N2OS. The average molecular weight is 264 g/mol. The maximum Gasteiger partial charge on any atom is 0.251 e. The van der Waals surface area contributed by atoms with Gasteiger partial charge in [0.2, 0.25) is 0 Å². The molecule has 0 aliphatic heterocycles. The lowest BCUT2D eigenvalue weighted by Crippen LogP contribution is -2.34. The van der Waals surface area contributed by atoms with E-state index in [4.69, 9.17) is 5.84 Å². The van der Waals surface area contributed by atoms with Gasteiger partial charge in [-0.1, -0.05) is 49.6 Å². The van der Waals surface area contributed by atoms with Crippen molar-refractivity contribution >= 4 is 17.7 Å². The molecule has 18 heavy (non-hydrogen) atoms. The molecule has 1 aliphatic rings. The third-order valence-electron chi connectivity index (χ3n) is 3.36. The highest BCUT2D eigenvalue weighted by Gasteiger charge is 2.25. The minimum atomic E-state index is -0.181. The highest BCUT2D eigenvalue weighted by Crippen LogP contribution is 2.38. The number of hydrogen-bond donors (Lipinski definition) is 2. The van der Waals surface area contributed by atoms with Crippen molar-refractivity contribution in [1.29, 1.82) is 0 Å². The molecule has 0 aromatic heterocycles. The van der Waals surface area contributed by atoms with Crippen molar-refractivity contribution in [3.8, 4) is 0 Å². The molecule has 3 nitrogen and oxygen atoms in total. The van der Waals surface area contributed by atoms with Gasteiger partial charge in [0.1, 0.15) is 5.25 Å². The lowest BCUT2D eigenvalue weighted by molar-refractivity contribution is -0.120. The Bertz CT molecular complexity index is 377. The Morgan fingerprint density at radius 1 is 1.22 bits per heavy atom. The Hall–Kier alpha value is -1.00. The maximum atomic E-state index is 11.9. The van der Waals surface area contributed by atoms with E-state index < -0.39 is 0 Å². The molecule has 1 amide bonds. The van der Waals surface area contributed by atoms with Crippen LogP contribution in [0, 0.1) is 0 Å². The highest BCUT2D eigenvalue weighted by atomic mass is 32.2. The summed E-state index contributed by atoms with van der Waals surface area (Å²) in [4.78, 5) is 11.9. The fraction of sp³-hybridized carbons (Fsp3) is 0.500. The molecule has 98 valence electrons. The zero-order chi connectivity index (χ0) is 12.8. The van der Waals surface area contributed by atoms with Crippen LogP contribution in [0.1, 0.15) is 42.9 Å². The minimum Gasteiger partial charge on any atom is -0.293 e. The number of nitrogens with one attached hydrogen (secondary N) is 1. The van der Waals surface area contributed by atoms with Crippen LogP contribution >= 0.6 is 11.8 Å². The number of hydrazine groups is 1. The van der Waals surface area contributed by atoms with Crippen LogP contribution in [0.25, 0.3) is 0 Å². The van der Waals surface area contributed by atoms with Gasteiger partial charge in [-0.3, -0.25) is 10.2 Å². The summed E-state index contributed by atoms with van der Waals surface area (Å²) in [6.45, 7) is 0. The Labute approximate surface area is 112 Å². The number of benzene rings is 1. The molecule has 1 saturated carbocycles. The average Bonchev–Trinajstić information content (AvgIpc) is 2.46. The van der Waals surface area contributed by atoms with Crippen molar-refractivity contribution in [3.05, 3.63) is 35.9 Å². The molecule has 0 spiro atoms. The molecule has 1 aromatic carbocycles. The molecule has 0 bridgehead atoms. The van der Waals surface area contributed by atoms with Crippen molar-refractivity contribution < 1.29 is 4.79 Å². The summed E-state index contributed by atoms with van der Waals surface area (Å²) in [5.74, 6) is 5.20. The van der Waals surface area contributed by atoms with Crippen LogP contribution in [0.4, 0.5) is 0 Å². The summed E-state index contributed by atoms with van der Waals surface area (Å²) in [6, 6.07) is 9.89. The fourth-order valence-corrected chi connectivity index (χ4v) is 3.89. The van der Waals surface area contributed by atoms with Crippen LogP contribution in [0.3, 0.4) is 0 Å². The summed E-state index contributed by atoms with van der Waals surface area (Å²) in [6.07, 6.45) is 6.32. The Morgan fingerprint density at radius 2 is 1.89 bits per heavy atom. The number of carbonyl (C=O) groups is 1. The number of nitrogens with two attached hydrogens (primary N) is 1. The van der Waals surface area contributed by atoms with Gasteiger partial charge in [-0.05, 0) is 18.4 Å². The van der Waals surface area contributed by atoms with Crippen LogP contribution in [-0.4, -0.2) is 11.2 Å². The predicted octanol–water partition coefficient (Wildman–Crippen LogP) is 2.78. The quantitative estimate of drug-likeness (QED) is 0.499. The number of thioether (sulfide) groups is 1. The SMILES string of the molecule is NNC(=O)C(SC1CCCCC1)c1ccccc1. The van der Waals surface area contributed by atoms with Gasteiger partial charge in [0.15, 0.2) is 0 Å². The van der Waals surface area contributed by atoms with Crippen LogP contribution in [-0.2, 0) is 4.79 Å². The molecular weight excluding hydrogens is 244 g/mol. The molecule has 1 aromatic rings. The summed E-state index contributed by atoms with van der Waals surface area (Å²) >= 11 is 1.76. The topological polar surface area (TPSA) is 55.1 Å². The second kappa shape index (κ2) is 6.81. The van der Waals surface area contributed by atoms with Gasteiger partial charge in [-0.25, -0.2) is 5.84 Å². The van der Waals surface area contributed by atoms with E-state index >= 15 is 0 Å². The molecule has 4 heteroatoms. The van der Waals surface area contributed by atoms with Crippen LogP contribution in [0.15, 0.2) is 30.3 Å². The molecule has 1 atom stereocenters. The summed E-state index contributed by atoms with van der Waals surface area (Å²) in [5.41, 5.74) is 3.33. The molecule has 1 aliphatic carbocycles. The number of amides is 1. The van der Waals surface area contributed by atoms with Gasteiger partial charge >= 0.3 is 0 Å². The van der Waals surface area contributed by atoms with E-state index in [-0.39, 0.29) is 11.2 Å². The van der Waals surface area contributed by atoms with E-state index in [1.165, 1.54) is 32.1 Å². The van der Waals surface area contributed by atoms with Gasteiger partial charge in [0.25, 0.3) is 5.91 Å². The lowest BCUT2D eigenvalue weighted by Gasteiger charge is -2.25. The molecule has 0 radical (unpaired) electrons. The Kier molecular flexibility index (Phi) is 5.08. The number of hydrogen-bond acceptors (Lipinski definition) is 3. The smallest absolute Gasteiger partial charge is 0.251 e. The summed E-state index contributed by atoms with van der Waals surface area (Å²) in [5, 5.41) is 0.403. The highest BCUT2D eigenvalue weighted by molar-refractivity contribution is 8.00. The van der Waals surface area contributed by atoms with Crippen LogP contribution in [0.2, 0.25) is 0 Å². The van der Waals surface area contributed by atoms with E-state index in [2.05, 4.69) is 5.43 Å². The van der Waals surface area contributed by atoms with Crippen LogP contribution < -0.4 is 11.3 Å². The van der Waals surface area contributed by atoms with Crippen molar-refractivity contribution in [2.45, 2.75) is 42.6 Å². The van der Waals surface area contributed by atoms with Gasteiger partial charge in [-0.15, -0.1) is 11.8 Å².